The van der Waals surface area contributed by atoms with Crippen molar-refractivity contribution < 1.29 is 9.53 Å². The van der Waals surface area contributed by atoms with Crippen molar-refractivity contribution in [2.45, 2.75) is 59.0 Å². The predicted molar refractivity (Wildman–Crippen MR) is 79.5 cm³/mol. The predicted octanol–water partition coefficient (Wildman–Crippen LogP) is 2.29. The Hall–Kier alpha value is -1.36. The summed E-state index contributed by atoms with van der Waals surface area (Å²) in [4.78, 5) is 12.0. The van der Waals surface area contributed by atoms with E-state index in [-0.39, 0.29) is 5.97 Å². The van der Waals surface area contributed by atoms with Crippen LogP contribution >= 0.6 is 0 Å². The first-order valence-electron chi connectivity index (χ1n) is 7.44. The molecule has 20 heavy (non-hydrogen) atoms. The Morgan fingerprint density at radius 3 is 2.75 bits per heavy atom. The van der Waals surface area contributed by atoms with Gasteiger partial charge in [0.2, 0.25) is 0 Å². The average molecular weight is 281 g/mol. The smallest absolute Gasteiger partial charge is 0.326 e. The Balaban J connectivity index is 2.40. The van der Waals surface area contributed by atoms with E-state index in [1.807, 2.05) is 44.6 Å². The number of carbonyl (C=O) groups is 1. The second kappa shape index (κ2) is 8.04. The molecule has 1 atom stereocenters. The molecule has 0 fully saturated rings. The van der Waals surface area contributed by atoms with Crippen LogP contribution in [0.5, 0.6) is 0 Å². The molecule has 0 saturated heterocycles. The first-order valence-corrected chi connectivity index (χ1v) is 7.44. The minimum Gasteiger partial charge on any atom is -0.465 e. The van der Waals surface area contributed by atoms with E-state index in [4.69, 9.17) is 4.74 Å². The molecule has 1 N–H and O–H groups in total. The Labute approximate surface area is 121 Å². The van der Waals surface area contributed by atoms with Crippen molar-refractivity contribution >= 4 is 5.97 Å². The van der Waals surface area contributed by atoms with Crippen LogP contribution in [0.2, 0.25) is 0 Å². The first kappa shape index (κ1) is 16.7. The Morgan fingerprint density at radius 1 is 1.45 bits per heavy atom. The van der Waals surface area contributed by atoms with Gasteiger partial charge in [-0.2, -0.15) is 5.10 Å². The van der Waals surface area contributed by atoms with Gasteiger partial charge in [0.05, 0.1) is 12.3 Å². The number of hydrogen-bond donors (Lipinski definition) is 1. The largest absolute Gasteiger partial charge is 0.465 e. The SMILES string of the molecule is CCNC(C)(CCCCn1ccc(C)n1)C(=O)OCC. The summed E-state index contributed by atoms with van der Waals surface area (Å²) < 4.78 is 7.11. The van der Waals surface area contributed by atoms with Crippen molar-refractivity contribution in [3.63, 3.8) is 0 Å². The highest BCUT2D eigenvalue weighted by Gasteiger charge is 2.32. The highest BCUT2D eigenvalue weighted by atomic mass is 16.5. The van der Waals surface area contributed by atoms with Crippen LogP contribution in [0.1, 0.15) is 45.7 Å². The number of ether oxygens (including phenoxy) is 1. The van der Waals surface area contributed by atoms with E-state index in [0.717, 1.165) is 38.0 Å². The van der Waals surface area contributed by atoms with Crippen molar-refractivity contribution in [2.75, 3.05) is 13.2 Å². The van der Waals surface area contributed by atoms with Gasteiger partial charge in [-0.15, -0.1) is 0 Å². The van der Waals surface area contributed by atoms with Gasteiger partial charge >= 0.3 is 5.97 Å². The van der Waals surface area contributed by atoms with Crippen LogP contribution in [-0.4, -0.2) is 34.4 Å². The number of carbonyl (C=O) groups excluding carboxylic acids is 1. The molecule has 1 unspecified atom stereocenters. The van der Waals surface area contributed by atoms with Gasteiger partial charge in [-0.1, -0.05) is 6.92 Å². The number of likely N-dealkylation sites (N-methyl/N-ethyl adjacent to an activating group) is 1. The van der Waals surface area contributed by atoms with Gasteiger partial charge in [0, 0.05) is 12.7 Å². The zero-order valence-electron chi connectivity index (χ0n) is 13.1. The lowest BCUT2D eigenvalue weighted by atomic mass is 9.94. The van der Waals surface area contributed by atoms with Crippen LogP contribution in [0.3, 0.4) is 0 Å². The molecule has 0 aromatic carbocycles. The van der Waals surface area contributed by atoms with Crippen molar-refractivity contribution in [3.05, 3.63) is 18.0 Å². The maximum Gasteiger partial charge on any atom is 0.326 e. The molecule has 0 aliphatic rings. The van der Waals surface area contributed by atoms with Gasteiger partial charge < -0.3 is 10.1 Å². The third-order valence-electron chi connectivity index (χ3n) is 3.38. The number of esters is 1. The Bertz CT molecular complexity index is 417. The second-order valence-electron chi connectivity index (χ2n) is 5.26. The summed E-state index contributed by atoms with van der Waals surface area (Å²) in [6.45, 7) is 9.82. The van der Waals surface area contributed by atoms with Crippen LogP contribution in [-0.2, 0) is 16.1 Å². The number of aromatic nitrogens is 2. The third-order valence-corrected chi connectivity index (χ3v) is 3.38. The zero-order valence-corrected chi connectivity index (χ0v) is 13.1. The maximum absolute atomic E-state index is 12.0. The molecule has 1 rings (SSSR count). The molecule has 0 aliphatic carbocycles. The highest BCUT2D eigenvalue weighted by Crippen LogP contribution is 2.16. The summed E-state index contributed by atoms with van der Waals surface area (Å²) in [5.74, 6) is -0.156. The number of nitrogens with zero attached hydrogens (tertiary/aromatic N) is 2. The van der Waals surface area contributed by atoms with Crippen molar-refractivity contribution in [2.24, 2.45) is 0 Å². The minimum atomic E-state index is -0.579. The summed E-state index contributed by atoms with van der Waals surface area (Å²) >= 11 is 0. The van der Waals surface area contributed by atoms with Crippen LogP contribution in [0.15, 0.2) is 12.3 Å². The minimum absolute atomic E-state index is 0.156. The Morgan fingerprint density at radius 2 is 2.20 bits per heavy atom. The van der Waals surface area contributed by atoms with Crippen molar-refractivity contribution in [1.82, 2.24) is 15.1 Å². The quantitative estimate of drug-likeness (QED) is 0.557. The fourth-order valence-corrected chi connectivity index (χ4v) is 2.28. The van der Waals surface area contributed by atoms with Gasteiger partial charge in [-0.3, -0.25) is 9.48 Å². The van der Waals surface area contributed by atoms with Crippen LogP contribution < -0.4 is 5.32 Å². The summed E-state index contributed by atoms with van der Waals surface area (Å²) in [7, 11) is 0. The maximum atomic E-state index is 12.0. The number of nitrogens with one attached hydrogen (secondary N) is 1. The zero-order chi connectivity index (χ0) is 15.0. The monoisotopic (exact) mass is 281 g/mol. The van der Waals surface area contributed by atoms with Crippen LogP contribution in [0.25, 0.3) is 0 Å². The second-order valence-corrected chi connectivity index (χ2v) is 5.26. The average Bonchev–Trinajstić information content (AvgIpc) is 2.81. The lowest BCUT2D eigenvalue weighted by Gasteiger charge is -2.28. The van der Waals surface area contributed by atoms with Gasteiger partial charge in [-0.05, 0) is 52.6 Å². The molecule has 1 aromatic heterocycles. The summed E-state index contributed by atoms with van der Waals surface area (Å²) in [6.07, 6.45) is 4.73. The van der Waals surface area contributed by atoms with E-state index in [1.54, 1.807) is 0 Å². The number of hydrogen-bond acceptors (Lipinski definition) is 4. The number of aryl methyl sites for hydroxylation is 2. The lowest BCUT2D eigenvalue weighted by Crippen LogP contribution is -2.50. The van der Waals surface area contributed by atoms with E-state index in [2.05, 4.69) is 10.4 Å². The fourth-order valence-electron chi connectivity index (χ4n) is 2.28. The molecular formula is C15H27N3O2. The molecule has 0 saturated carbocycles. The molecule has 0 radical (unpaired) electrons. The van der Waals surface area contributed by atoms with Gasteiger partial charge in [0.1, 0.15) is 5.54 Å². The summed E-state index contributed by atoms with van der Waals surface area (Å²) in [6, 6.07) is 2.00. The molecular weight excluding hydrogens is 254 g/mol. The standard InChI is InChI=1S/C15H27N3O2/c1-5-16-15(4,14(19)20-6-2)10-7-8-11-18-12-9-13(3)17-18/h9,12,16H,5-8,10-11H2,1-4H3. The van der Waals surface area contributed by atoms with Crippen molar-refractivity contribution in [3.8, 4) is 0 Å². The van der Waals surface area contributed by atoms with E-state index in [0.29, 0.717) is 6.61 Å². The molecule has 1 aromatic rings. The lowest BCUT2D eigenvalue weighted by molar-refractivity contribution is -0.150. The number of rotatable bonds is 9. The van der Waals surface area contributed by atoms with Gasteiger partial charge in [-0.25, -0.2) is 0 Å². The number of unbranched alkanes of at least 4 members (excludes halogenated alkanes) is 1. The molecule has 5 heteroatoms. The Kier molecular flexibility index (Phi) is 6.71. The van der Waals surface area contributed by atoms with Crippen LogP contribution in [0.4, 0.5) is 0 Å². The van der Waals surface area contributed by atoms with Crippen LogP contribution in [0, 0.1) is 6.92 Å². The summed E-state index contributed by atoms with van der Waals surface area (Å²) in [5, 5.41) is 7.60. The molecule has 0 aliphatic heterocycles. The van der Waals surface area contributed by atoms with E-state index < -0.39 is 5.54 Å². The van der Waals surface area contributed by atoms with E-state index >= 15 is 0 Å². The molecule has 0 amide bonds. The van der Waals surface area contributed by atoms with Gasteiger partial charge in [0.25, 0.3) is 0 Å². The van der Waals surface area contributed by atoms with E-state index in [1.165, 1.54) is 0 Å². The van der Waals surface area contributed by atoms with Gasteiger partial charge in [0.15, 0.2) is 0 Å². The highest BCUT2D eigenvalue weighted by molar-refractivity contribution is 5.80. The molecule has 5 nitrogen and oxygen atoms in total. The third kappa shape index (κ3) is 4.96. The first-order chi connectivity index (χ1) is 9.51. The van der Waals surface area contributed by atoms with Crippen molar-refractivity contribution in [1.29, 1.82) is 0 Å². The molecule has 114 valence electrons. The molecule has 0 bridgehead atoms. The van der Waals surface area contributed by atoms with E-state index in [9.17, 15) is 4.79 Å². The fraction of sp³-hybridized carbons (Fsp3) is 0.733. The topological polar surface area (TPSA) is 56.2 Å². The molecule has 0 spiro atoms. The molecule has 1 heterocycles. The summed E-state index contributed by atoms with van der Waals surface area (Å²) in [5.41, 5.74) is 0.458. The normalized spacial score (nSPS) is 14.0.